The summed E-state index contributed by atoms with van der Waals surface area (Å²) in [4.78, 5) is 64.8. The predicted molar refractivity (Wildman–Crippen MR) is 141 cm³/mol. The normalized spacial score (nSPS) is 14.5. The quantitative estimate of drug-likeness (QED) is 0.270. The highest BCUT2D eigenvalue weighted by Gasteiger charge is 2.45. The fraction of sp³-hybridized carbons (Fsp3) is 0.593. The van der Waals surface area contributed by atoms with Gasteiger partial charge < -0.3 is 35.8 Å². The summed E-state index contributed by atoms with van der Waals surface area (Å²) in [5.41, 5.74) is 5.16. The second-order valence-corrected chi connectivity index (χ2v) is 10.4. The number of carbonyl (C=O) groups is 5. The summed E-state index contributed by atoms with van der Waals surface area (Å²) in [7, 11) is 0. The second kappa shape index (κ2) is 13.8. The first-order valence-corrected chi connectivity index (χ1v) is 13.1. The summed E-state index contributed by atoms with van der Waals surface area (Å²) in [5.74, 6) is -2.56. The number of nitrogens with zero attached hydrogens (tertiary/aromatic N) is 1. The molecule has 0 aliphatic heterocycles. The van der Waals surface area contributed by atoms with Gasteiger partial charge in [-0.1, -0.05) is 18.2 Å². The molecule has 1 aliphatic rings. The molecule has 2 unspecified atom stereocenters. The molecule has 0 spiro atoms. The topological polar surface area (TPSA) is 177 Å². The number of benzene rings is 1. The third kappa shape index (κ3) is 9.77. The molecule has 0 heterocycles. The molecular weight excluding hydrogens is 508 g/mol. The van der Waals surface area contributed by atoms with Crippen molar-refractivity contribution >= 4 is 29.8 Å². The maximum absolute atomic E-state index is 14.0. The number of ether oxygens (including phenoxy) is 2. The molecule has 216 valence electrons. The summed E-state index contributed by atoms with van der Waals surface area (Å²) >= 11 is 0. The van der Waals surface area contributed by atoms with Gasteiger partial charge in [-0.3, -0.25) is 19.2 Å². The number of primary amides is 1. The Kier molecular flexibility index (Phi) is 11.1. The van der Waals surface area contributed by atoms with E-state index in [0.29, 0.717) is 18.4 Å². The van der Waals surface area contributed by atoms with Gasteiger partial charge in [0.2, 0.25) is 17.7 Å². The van der Waals surface area contributed by atoms with E-state index in [1.807, 2.05) is 0 Å². The molecule has 12 heteroatoms. The van der Waals surface area contributed by atoms with Crippen LogP contribution in [0.2, 0.25) is 0 Å². The fourth-order valence-electron chi connectivity index (χ4n) is 3.98. The molecule has 0 saturated heterocycles. The third-order valence-corrected chi connectivity index (χ3v) is 5.89. The highest BCUT2D eigenvalue weighted by atomic mass is 16.6. The number of hydrogen-bond acceptors (Lipinski definition) is 8. The van der Waals surface area contributed by atoms with Crippen LogP contribution in [-0.4, -0.2) is 70.6 Å². The van der Waals surface area contributed by atoms with Crippen LogP contribution in [0.15, 0.2) is 18.2 Å². The molecule has 0 aromatic heterocycles. The second-order valence-electron chi connectivity index (χ2n) is 10.4. The summed E-state index contributed by atoms with van der Waals surface area (Å²) in [6.45, 7) is 8.49. The van der Waals surface area contributed by atoms with Gasteiger partial charge in [-0.2, -0.15) is 0 Å². The van der Waals surface area contributed by atoms with E-state index in [1.54, 1.807) is 52.8 Å². The Morgan fingerprint density at radius 3 is 2.38 bits per heavy atom. The number of amides is 4. The Labute approximate surface area is 228 Å². The number of rotatable bonds is 13. The Balaban J connectivity index is 2.44. The van der Waals surface area contributed by atoms with E-state index >= 15 is 0 Å². The smallest absolute Gasteiger partial charge is 0.408 e. The Morgan fingerprint density at radius 2 is 1.82 bits per heavy atom. The monoisotopic (exact) mass is 548 g/mol. The number of esters is 1. The summed E-state index contributed by atoms with van der Waals surface area (Å²) in [5, 5.41) is 16.1. The molecule has 1 aromatic carbocycles. The van der Waals surface area contributed by atoms with Crippen LogP contribution in [0.4, 0.5) is 4.79 Å². The van der Waals surface area contributed by atoms with Crippen molar-refractivity contribution < 1.29 is 38.6 Å². The zero-order valence-corrected chi connectivity index (χ0v) is 23.2. The Morgan fingerprint density at radius 1 is 1.15 bits per heavy atom. The van der Waals surface area contributed by atoms with E-state index in [0.717, 1.165) is 0 Å². The van der Waals surface area contributed by atoms with E-state index in [-0.39, 0.29) is 49.8 Å². The number of alkyl carbamates (subject to hydrolysis) is 1. The Hall–Kier alpha value is -3.83. The predicted octanol–water partition coefficient (Wildman–Crippen LogP) is 1.96. The molecule has 2 rings (SSSR count). The van der Waals surface area contributed by atoms with Crippen LogP contribution in [0.25, 0.3) is 0 Å². The summed E-state index contributed by atoms with van der Waals surface area (Å²) in [6.07, 6.45) is -0.0651. The molecule has 1 aromatic rings. The number of hydrogen-bond donors (Lipinski definition) is 4. The van der Waals surface area contributed by atoms with Gasteiger partial charge in [0, 0.05) is 24.6 Å². The number of phenolic OH excluding ortho intramolecular Hbond substituents is 1. The van der Waals surface area contributed by atoms with Crippen LogP contribution < -0.4 is 16.4 Å². The average molecular weight is 549 g/mol. The highest BCUT2D eigenvalue weighted by molar-refractivity contribution is 5.93. The first kappa shape index (κ1) is 31.4. The van der Waals surface area contributed by atoms with E-state index in [2.05, 4.69) is 10.6 Å². The molecular formula is C27H40N4O8. The van der Waals surface area contributed by atoms with Crippen molar-refractivity contribution in [2.75, 3.05) is 13.2 Å². The lowest BCUT2D eigenvalue weighted by molar-refractivity contribution is -0.145. The number of nitrogens with two attached hydrogens (primary N) is 1. The van der Waals surface area contributed by atoms with Crippen molar-refractivity contribution in [1.82, 2.24) is 15.5 Å². The van der Waals surface area contributed by atoms with Crippen LogP contribution in [0.3, 0.4) is 0 Å². The largest absolute Gasteiger partial charge is 0.507 e. The van der Waals surface area contributed by atoms with E-state index in [4.69, 9.17) is 15.2 Å². The van der Waals surface area contributed by atoms with Crippen molar-refractivity contribution in [3.05, 3.63) is 29.3 Å². The maximum Gasteiger partial charge on any atom is 0.408 e. The number of aryl methyl sites for hydroxylation is 1. The van der Waals surface area contributed by atoms with Gasteiger partial charge in [0.1, 0.15) is 23.4 Å². The minimum Gasteiger partial charge on any atom is -0.507 e. The van der Waals surface area contributed by atoms with Crippen LogP contribution in [0, 0.1) is 6.92 Å². The zero-order valence-electron chi connectivity index (χ0n) is 23.2. The third-order valence-electron chi connectivity index (χ3n) is 5.89. The van der Waals surface area contributed by atoms with Crippen molar-refractivity contribution in [2.45, 2.75) is 90.4 Å². The van der Waals surface area contributed by atoms with E-state index in [9.17, 15) is 29.1 Å². The van der Waals surface area contributed by atoms with Gasteiger partial charge in [0.05, 0.1) is 13.0 Å². The SMILES string of the molecule is CCOC(=O)CCNC(=O)C(c1cccc(C)c1O)N(C(=O)C(CCC(N)=O)NC(=O)OC(C)(C)C)C1CC1. The maximum atomic E-state index is 14.0. The van der Waals surface area contributed by atoms with Crippen LogP contribution in [0.5, 0.6) is 5.75 Å². The Bertz CT molecular complexity index is 1060. The van der Waals surface area contributed by atoms with Crippen molar-refractivity contribution in [3.8, 4) is 5.75 Å². The lowest BCUT2D eigenvalue weighted by atomic mass is 9.98. The average Bonchev–Trinajstić information content (AvgIpc) is 3.65. The number of nitrogens with one attached hydrogen (secondary N) is 2. The number of carbonyl (C=O) groups excluding carboxylic acids is 5. The fourth-order valence-corrected chi connectivity index (χ4v) is 3.98. The minimum absolute atomic E-state index is 0.0469. The molecule has 2 atom stereocenters. The van der Waals surface area contributed by atoms with Gasteiger partial charge >= 0.3 is 12.1 Å². The van der Waals surface area contributed by atoms with Crippen molar-refractivity contribution in [3.63, 3.8) is 0 Å². The molecule has 0 radical (unpaired) electrons. The zero-order chi connectivity index (χ0) is 29.3. The van der Waals surface area contributed by atoms with Gasteiger partial charge in [-0.15, -0.1) is 0 Å². The van der Waals surface area contributed by atoms with Crippen LogP contribution >= 0.6 is 0 Å². The van der Waals surface area contributed by atoms with Gasteiger partial charge in [-0.25, -0.2) is 4.79 Å². The molecule has 5 N–H and O–H groups in total. The van der Waals surface area contributed by atoms with Crippen LogP contribution in [-0.2, 0) is 28.7 Å². The van der Waals surface area contributed by atoms with Crippen molar-refractivity contribution in [1.29, 1.82) is 0 Å². The van der Waals surface area contributed by atoms with E-state index in [1.165, 1.54) is 4.90 Å². The molecule has 12 nitrogen and oxygen atoms in total. The molecule has 39 heavy (non-hydrogen) atoms. The number of para-hydroxylation sites is 1. The molecule has 1 aliphatic carbocycles. The first-order chi connectivity index (χ1) is 18.2. The molecule has 1 saturated carbocycles. The number of phenols is 1. The van der Waals surface area contributed by atoms with Gasteiger partial charge in [0.25, 0.3) is 0 Å². The van der Waals surface area contributed by atoms with Crippen LogP contribution in [0.1, 0.15) is 77.0 Å². The summed E-state index contributed by atoms with van der Waals surface area (Å²) < 4.78 is 10.2. The lowest BCUT2D eigenvalue weighted by Gasteiger charge is -2.35. The highest BCUT2D eigenvalue weighted by Crippen LogP contribution is 2.39. The van der Waals surface area contributed by atoms with Crippen molar-refractivity contribution in [2.24, 2.45) is 5.73 Å². The number of aromatic hydroxyl groups is 1. The summed E-state index contributed by atoms with van der Waals surface area (Å²) in [6, 6.07) is 2.01. The molecule has 1 fully saturated rings. The molecule has 0 bridgehead atoms. The first-order valence-electron chi connectivity index (χ1n) is 13.1. The van der Waals surface area contributed by atoms with Gasteiger partial charge in [0.15, 0.2) is 0 Å². The molecule has 4 amide bonds. The lowest BCUT2D eigenvalue weighted by Crippen LogP contribution is -2.54. The van der Waals surface area contributed by atoms with Gasteiger partial charge in [-0.05, 0) is 59.4 Å². The minimum atomic E-state index is -1.27. The van der Waals surface area contributed by atoms with E-state index < -0.39 is 47.5 Å². The standard InChI is InChI=1S/C27H40N4O8/c1-6-38-21(33)14-15-29-24(35)22(18-9-7-8-16(2)23(18)34)31(17-10-11-17)25(36)19(12-13-20(28)32)30-26(37)39-27(3,4)5/h7-9,17,19,22,34H,6,10-15H2,1-5H3,(H2,28,32)(H,29,35)(H,30,37).